The second-order valence-electron chi connectivity index (χ2n) is 4.26. The van der Waals surface area contributed by atoms with Crippen LogP contribution in [0.5, 0.6) is 0 Å². The number of rotatable bonds is 4. The molecule has 4 heteroatoms. The van der Waals surface area contributed by atoms with Gasteiger partial charge in [-0.25, -0.2) is 4.98 Å². The van der Waals surface area contributed by atoms with E-state index in [4.69, 9.17) is 0 Å². The molecule has 17 heavy (non-hydrogen) atoms. The van der Waals surface area contributed by atoms with Gasteiger partial charge in [-0.15, -0.1) is 0 Å². The average molecular weight is 230 g/mol. The maximum absolute atomic E-state index is 4.35. The van der Waals surface area contributed by atoms with Crippen molar-refractivity contribution in [1.82, 2.24) is 19.9 Å². The minimum absolute atomic E-state index is 0.201. The van der Waals surface area contributed by atoms with Gasteiger partial charge in [0.1, 0.15) is 5.82 Å². The summed E-state index contributed by atoms with van der Waals surface area (Å²) >= 11 is 0. The summed E-state index contributed by atoms with van der Waals surface area (Å²) in [5.74, 6) is 1.03. The Balaban J connectivity index is 2.05. The van der Waals surface area contributed by atoms with Gasteiger partial charge in [-0.3, -0.25) is 10.3 Å². The van der Waals surface area contributed by atoms with Crippen molar-refractivity contribution in [3.05, 3.63) is 48.3 Å². The fourth-order valence-corrected chi connectivity index (χ4v) is 1.96. The van der Waals surface area contributed by atoms with Crippen molar-refractivity contribution in [1.29, 1.82) is 0 Å². The first-order valence-corrected chi connectivity index (χ1v) is 5.82. The van der Waals surface area contributed by atoms with Crippen LogP contribution < -0.4 is 5.32 Å². The largest absolute Gasteiger partial charge is 0.337 e. The molecule has 0 aliphatic rings. The van der Waals surface area contributed by atoms with E-state index in [0.29, 0.717) is 0 Å². The van der Waals surface area contributed by atoms with Crippen molar-refractivity contribution >= 4 is 0 Å². The summed E-state index contributed by atoms with van der Waals surface area (Å²) in [4.78, 5) is 8.69. The average Bonchev–Trinajstić information content (AvgIpc) is 2.76. The highest BCUT2D eigenvalue weighted by molar-refractivity contribution is 5.09. The predicted octanol–water partition coefficient (Wildman–Crippen LogP) is 2.23. The molecular weight excluding hydrogens is 212 g/mol. The fourth-order valence-electron chi connectivity index (χ4n) is 1.96. The molecule has 0 aromatic carbocycles. The van der Waals surface area contributed by atoms with Crippen LogP contribution >= 0.6 is 0 Å². The Labute approximate surface area is 102 Å². The molecule has 0 saturated heterocycles. The minimum Gasteiger partial charge on any atom is -0.337 e. The van der Waals surface area contributed by atoms with E-state index in [1.807, 2.05) is 48.4 Å². The standard InChI is InChI=1S/C13H18N4/c1-10(12-6-4-5-7-14-12)16-11(2)13-15-8-9-17(13)3/h4-11,16H,1-3H3/t10-,11?/m1/s1. The minimum atomic E-state index is 0.201. The third kappa shape index (κ3) is 2.71. The normalized spacial score (nSPS) is 14.5. The molecule has 0 bridgehead atoms. The Morgan fingerprint density at radius 1 is 1.12 bits per heavy atom. The van der Waals surface area contributed by atoms with Crippen LogP contribution in [0.2, 0.25) is 0 Å². The van der Waals surface area contributed by atoms with Crippen molar-refractivity contribution < 1.29 is 0 Å². The summed E-state index contributed by atoms with van der Waals surface area (Å²) in [6, 6.07) is 6.38. The van der Waals surface area contributed by atoms with E-state index >= 15 is 0 Å². The third-order valence-corrected chi connectivity index (χ3v) is 2.88. The van der Waals surface area contributed by atoms with Gasteiger partial charge in [0.05, 0.1) is 11.7 Å². The van der Waals surface area contributed by atoms with Crippen LogP contribution in [0.4, 0.5) is 0 Å². The zero-order valence-corrected chi connectivity index (χ0v) is 10.5. The summed E-state index contributed by atoms with van der Waals surface area (Å²) in [6.45, 7) is 4.23. The van der Waals surface area contributed by atoms with Gasteiger partial charge in [0.2, 0.25) is 0 Å². The molecule has 1 N–H and O–H groups in total. The molecule has 0 amide bonds. The summed E-state index contributed by atoms with van der Waals surface area (Å²) in [5, 5.41) is 3.49. The lowest BCUT2D eigenvalue weighted by Crippen LogP contribution is -2.25. The molecule has 2 aromatic heterocycles. The van der Waals surface area contributed by atoms with Crippen LogP contribution in [-0.4, -0.2) is 14.5 Å². The second-order valence-corrected chi connectivity index (χ2v) is 4.26. The van der Waals surface area contributed by atoms with Gasteiger partial charge in [-0.05, 0) is 26.0 Å². The number of nitrogens with one attached hydrogen (secondary N) is 1. The first-order chi connectivity index (χ1) is 8.18. The number of aromatic nitrogens is 3. The van der Waals surface area contributed by atoms with Gasteiger partial charge in [-0.2, -0.15) is 0 Å². The molecule has 1 unspecified atom stereocenters. The van der Waals surface area contributed by atoms with E-state index in [1.54, 1.807) is 0 Å². The summed E-state index contributed by atoms with van der Waals surface area (Å²) in [6.07, 6.45) is 5.59. The maximum atomic E-state index is 4.35. The van der Waals surface area contributed by atoms with Gasteiger partial charge in [-0.1, -0.05) is 6.07 Å². The highest BCUT2D eigenvalue weighted by Gasteiger charge is 2.14. The molecule has 90 valence electrons. The molecule has 2 aromatic rings. The molecule has 4 nitrogen and oxygen atoms in total. The molecule has 0 saturated carbocycles. The number of aryl methyl sites for hydroxylation is 1. The third-order valence-electron chi connectivity index (χ3n) is 2.88. The Kier molecular flexibility index (Phi) is 3.54. The van der Waals surface area contributed by atoms with Crippen molar-refractivity contribution in [2.24, 2.45) is 7.05 Å². The van der Waals surface area contributed by atoms with Crippen molar-refractivity contribution in [2.75, 3.05) is 0 Å². The first kappa shape index (κ1) is 11.8. The van der Waals surface area contributed by atoms with E-state index in [9.17, 15) is 0 Å². The SMILES string of the molecule is CC(N[C@H](C)c1ccccn1)c1nccn1C. The summed E-state index contributed by atoms with van der Waals surface area (Å²) < 4.78 is 2.03. The Hall–Kier alpha value is -1.68. The molecular formula is C13H18N4. The van der Waals surface area contributed by atoms with E-state index in [0.717, 1.165) is 11.5 Å². The highest BCUT2D eigenvalue weighted by atomic mass is 15.1. The van der Waals surface area contributed by atoms with Gasteiger partial charge in [0, 0.05) is 31.7 Å². The van der Waals surface area contributed by atoms with Gasteiger partial charge < -0.3 is 4.57 Å². The van der Waals surface area contributed by atoms with Crippen LogP contribution in [0.15, 0.2) is 36.8 Å². The molecule has 2 heterocycles. The number of hydrogen-bond acceptors (Lipinski definition) is 3. The van der Waals surface area contributed by atoms with Crippen molar-refractivity contribution in [3.8, 4) is 0 Å². The quantitative estimate of drug-likeness (QED) is 0.875. The van der Waals surface area contributed by atoms with Gasteiger partial charge in [0.25, 0.3) is 0 Å². The van der Waals surface area contributed by atoms with E-state index in [-0.39, 0.29) is 12.1 Å². The van der Waals surface area contributed by atoms with E-state index < -0.39 is 0 Å². The lowest BCUT2D eigenvalue weighted by Gasteiger charge is -2.19. The molecule has 0 fully saturated rings. The van der Waals surface area contributed by atoms with Crippen LogP contribution in [0.1, 0.15) is 37.4 Å². The zero-order chi connectivity index (χ0) is 12.3. The fraction of sp³-hybridized carbons (Fsp3) is 0.385. The lowest BCUT2D eigenvalue weighted by molar-refractivity contribution is 0.460. The van der Waals surface area contributed by atoms with E-state index in [2.05, 4.69) is 29.1 Å². The zero-order valence-electron chi connectivity index (χ0n) is 10.5. The van der Waals surface area contributed by atoms with Crippen molar-refractivity contribution in [3.63, 3.8) is 0 Å². The number of imidazole rings is 1. The summed E-state index contributed by atoms with van der Waals surface area (Å²) in [5.41, 5.74) is 1.05. The lowest BCUT2D eigenvalue weighted by atomic mass is 10.2. The highest BCUT2D eigenvalue weighted by Crippen LogP contribution is 2.15. The Bertz CT molecular complexity index is 463. The van der Waals surface area contributed by atoms with Crippen LogP contribution in [-0.2, 0) is 7.05 Å². The monoisotopic (exact) mass is 230 g/mol. The van der Waals surface area contributed by atoms with Crippen molar-refractivity contribution in [2.45, 2.75) is 25.9 Å². The molecule has 0 spiro atoms. The van der Waals surface area contributed by atoms with Gasteiger partial charge >= 0.3 is 0 Å². The number of hydrogen-bond donors (Lipinski definition) is 1. The van der Waals surface area contributed by atoms with Crippen LogP contribution in [0.3, 0.4) is 0 Å². The molecule has 0 radical (unpaired) electrons. The maximum Gasteiger partial charge on any atom is 0.125 e. The Morgan fingerprint density at radius 3 is 2.53 bits per heavy atom. The second kappa shape index (κ2) is 5.10. The summed E-state index contributed by atoms with van der Waals surface area (Å²) in [7, 11) is 2.01. The molecule has 0 aliphatic heterocycles. The first-order valence-electron chi connectivity index (χ1n) is 5.82. The number of nitrogens with zero attached hydrogens (tertiary/aromatic N) is 3. The molecule has 2 atom stereocenters. The molecule has 2 rings (SSSR count). The van der Waals surface area contributed by atoms with Crippen LogP contribution in [0, 0.1) is 0 Å². The smallest absolute Gasteiger partial charge is 0.125 e. The van der Waals surface area contributed by atoms with E-state index in [1.165, 1.54) is 0 Å². The topological polar surface area (TPSA) is 42.7 Å². The van der Waals surface area contributed by atoms with Gasteiger partial charge in [0.15, 0.2) is 0 Å². The molecule has 0 aliphatic carbocycles. The predicted molar refractivity (Wildman–Crippen MR) is 67.4 cm³/mol. The number of pyridine rings is 1. The van der Waals surface area contributed by atoms with Crippen LogP contribution in [0.25, 0.3) is 0 Å². The Morgan fingerprint density at radius 2 is 1.94 bits per heavy atom.